The van der Waals surface area contributed by atoms with Gasteiger partial charge in [-0.1, -0.05) is 12.1 Å². The second-order valence-electron chi connectivity index (χ2n) is 8.39. The average Bonchev–Trinajstić information content (AvgIpc) is 3.28. The van der Waals surface area contributed by atoms with Crippen molar-refractivity contribution in [2.24, 2.45) is 0 Å². The summed E-state index contributed by atoms with van der Waals surface area (Å²) in [6.07, 6.45) is 1.43. The van der Waals surface area contributed by atoms with E-state index in [4.69, 9.17) is 0 Å². The molecular weight excluding hydrogens is 428 g/mol. The molecule has 0 radical (unpaired) electrons. The van der Waals surface area contributed by atoms with Gasteiger partial charge in [-0.05, 0) is 25.0 Å². The first-order chi connectivity index (χ1) is 15.1. The van der Waals surface area contributed by atoms with E-state index >= 15 is 0 Å². The molecule has 1 amide bonds. The number of benzene rings is 1. The van der Waals surface area contributed by atoms with Crippen LogP contribution in [0.5, 0.6) is 0 Å². The van der Waals surface area contributed by atoms with Gasteiger partial charge in [0, 0.05) is 49.3 Å². The zero-order valence-corrected chi connectivity index (χ0v) is 17.2. The maximum Gasteiger partial charge on any atom is 0.273 e. The predicted molar refractivity (Wildman–Crippen MR) is 109 cm³/mol. The Morgan fingerprint density at radius 2 is 2.00 bits per heavy atom. The van der Waals surface area contributed by atoms with Crippen LogP contribution >= 0.6 is 0 Å². The third kappa shape index (κ3) is 3.11. The lowest BCUT2D eigenvalue weighted by Crippen LogP contribution is -2.41. The second kappa shape index (κ2) is 6.91. The molecule has 2 aliphatic rings. The summed E-state index contributed by atoms with van der Waals surface area (Å²) in [4.78, 5) is 26.2. The lowest BCUT2D eigenvalue weighted by molar-refractivity contribution is -0.104. The van der Waals surface area contributed by atoms with Crippen molar-refractivity contribution in [1.82, 2.24) is 14.3 Å². The van der Waals surface area contributed by atoms with Crippen molar-refractivity contribution in [3.05, 3.63) is 57.6 Å². The number of pyridine rings is 1. The van der Waals surface area contributed by atoms with Crippen LogP contribution in [-0.4, -0.2) is 26.2 Å². The summed E-state index contributed by atoms with van der Waals surface area (Å²) in [5.74, 6) is -6.41. The third-order valence-electron chi connectivity index (χ3n) is 6.34. The van der Waals surface area contributed by atoms with Crippen molar-refractivity contribution in [2.75, 3.05) is 5.32 Å². The summed E-state index contributed by atoms with van der Waals surface area (Å²) in [5, 5.41) is 6.99. The van der Waals surface area contributed by atoms with E-state index in [2.05, 4.69) is 10.4 Å². The van der Waals surface area contributed by atoms with Gasteiger partial charge in [-0.2, -0.15) is 5.10 Å². The Labute approximate surface area is 179 Å². The molecule has 32 heavy (non-hydrogen) atoms. The quantitative estimate of drug-likeness (QED) is 0.599. The number of carbonyl (C=O) groups is 1. The first-order valence-corrected chi connectivity index (χ1v) is 10.4. The number of halogens is 4. The van der Waals surface area contributed by atoms with E-state index in [0.717, 1.165) is 0 Å². The molecule has 1 aromatic carbocycles. The predicted octanol–water partition coefficient (Wildman–Crippen LogP) is 4.48. The third-order valence-corrected chi connectivity index (χ3v) is 6.34. The molecule has 1 fully saturated rings. The number of rotatable bonds is 4. The van der Waals surface area contributed by atoms with E-state index in [9.17, 15) is 27.2 Å². The summed E-state index contributed by atoms with van der Waals surface area (Å²) in [6, 6.07) is 3.63. The smallest absolute Gasteiger partial charge is 0.273 e. The molecule has 3 aromatic rings. The van der Waals surface area contributed by atoms with Crippen molar-refractivity contribution in [1.29, 1.82) is 0 Å². The molecule has 2 aromatic heterocycles. The monoisotopic (exact) mass is 448 g/mol. The molecule has 0 spiro atoms. The van der Waals surface area contributed by atoms with Gasteiger partial charge < -0.3 is 9.88 Å². The molecule has 5 rings (SSSR count). The van der Waals surface area contributed by atoms with Gasteiger partial charge in [0.1, 0.15) is 0 Å². The number of aryl methyl sites for hydroxylation is 1. The zero-order chi connectivity index (χ0) is 22.8. The molecule has 2 aliphatic carbocycles. The minimum Gasteiger partial charge on any atom is -0.322 e. The van der Waals surface area contributed by atoms with Gasteiger partial charge in [-0.15, -0.1) is 0 Å². The number of fused-ring (bicyclic) bond motifs is 2. The van der Waals surface area contributed by atoms with Gasteiger partial charge in [0.05, 0.1) is 22.7 Å². The molecule has 0 bridgehead atoms. The molecule has 2 heterocycles. The fourth-order valence-electron chi connectivity index (χ4n) is 4.65. The highest BCUT2D eigenvalue weighted by molar-refractivity contribution is 6.12. The summed E-state index contributed by atoms with van der Waals surface area (Å²) in [6.45, 7) is 2.17. The Morgan fingerprint density at radius 1 is 1.25 bits per heavy atom. The number of hydrogen-bond donors (Lipinski definition) is 1. The number of aromatic nitrogens is 3. The number of carbonyl (C=O) groups excluding carboxylic acids is 1. The van der Waals surface area contributed by atoms with Gasteiger partial charge in [-0.3, -0.25) is 14.3 Å². The lowest BCUT2D eigenvalue weighted by Gasteiger charge is -2.36. The van der Waals surface area contributed by atoms with Gasteiger partial charge in [0.25, 0.3) is 23.3 Å². The molecule has 10 heteroatoms. The molecular formula is C22H20F4N4O2. The number of alkyl halides is 4. The van der Waals surface area contributed by atoms with E-state index in [1.807, 2.05) is 0 Å². The number of nitrogens with one attached hydrogen (secondary N) is 1. The van der Waals surface area contributed by atoms with Crippen LogP contribution in [0.4, 0.5) is 23.2 Å². The molecule has 168 valence electrons. The largest absolute Gasteiger partial charge is 0.322 e. The van der Waals surface area contributed by atoms with Crippen LogP contribution in [0.1, 0.15) is 53.7 Å². The van der Waals surface area contributed by atoms with Crippen molar-refractivity contribution >= 4 is 22.5 Å². The van der Waals surface area contributed by atoms with Gasteiger partial charge in [0.15, 0.2) is 0 Å². The van der Waals surface area contributed by atoms with Crippen molar-refractivity contribution in [2.45, 2.75) is 57.0 Å². The number of hydrogen-bond acceptors (Lipinski definition) is 3. The number of anilines is 1. The molecule has 0 saturated heterocycles. The molecule has 1 N–H and O–H groups in total. The van der Waals surface area contributed by atoms with E-state index in [0.29, 0.717) is 12.1 Å². The fourth-order valence-corrected chi connectivity index (χ4v) is 4.65. The molecule has 6 nitrogen and oxygen atoms in total. The van der Waals surface area contributed by atoms with Crippen LogP contribution < -0.4 is 10.9 Å². The SMILES string of the molecule is CCn1ncc2c(=O)n(C3CC(F)(F)C3)cc(C(=O)Nc3cccc4c3CCC4(F)F)c21. The minimum atomic E-state index is -2.95. The van der Waals surface area contributed by atoms with Crippen LogP contribution in [0, 0.1) is 0 Å². The van der Waals surface area contributed by atoms with Crippen molar-refractivity contribution in [3.8, 4) is 0 Å². The highest BCUT2D eigenvalue weighted by Crippen LogP contribution is 2.46. The van der Waals surface area contributed by atoms with Crippen LogP contribution in [0.3, 0.4) is 0 Å². The summed E-state index contributed by atoms with van der Waals surface area (Å²) < 4.78 is 57.8. The maximum atomic E-state index is 14.1. The average molecular weight is 448 g/mol. The van der Waals surface area contributed by atoms with Crippen molar-refractivity contribution in [3.63, 3.8) is 0 Å². The Hall–Kier alpha value is -3.17. The summed E-state index contributed by atoms with van der Waals surface area (Å²) in [7, 11) is 0. The van der Waals surface area contributed by atoms with Gasteiger partial charge in [0.2, 0.25) is 0 Å². The number of amides is 1. The Balaban J connectivity index is 1.59. The minimum absolute atomic E-state index is 0.0801. The number of nitrogens with zero attached hydrogens (tertiary/aromatic N) is 3. The molecule has 0 atom stereocenters. The fraction of sp³-hybridized carbons (Fsp3) is 0.409. The summed E-state index contributed by atoms with van der Waals surface area (Å²) in [5.41, 5.74) is 0.413. The van der Waals surface area contributed by atoms with Gasteiger partial charge >= 0.3 is 0 Å². The van der Waals surface area contributed by atoms with E-state index in [1.54, 1.807) is 13.0 Å². The first-order valence-electron chi connectivity index (χ1n) is 10.4. The molecule has 0 aliphatic heterocycles. The maximum absolute atomic E-state index is 14.1. The first kappa shape index (κ1) is 20.7. The Kier molecular flexibility index (Phi) is 4.48. The van der Waals surface area contributed by atoms with Crippen LogP contribution in [0.15, 0.2) is 35.4 Å². The Bertz CT molecular complexity index is 1300. The van der Waals surface area contributed by atoms with Crippen LogP contribution in [-0.2, 0) is 18.9 Å². The van der Waals surface area contributed by atoms with Gasteiger partial charge in [-0.25, -0.2) is 17.6 Å². The van der Waals surface area contributed by atoms with E-state index in [-0.39, 0.29) is 40.6 Å². The van der Waals surface area contributed by atoms with Crippen LogP contribution in [0.2, 0.25) is 0 Å². The lowest BCUT2D eigenvalue weighted by atomic mass is 9.87. The van der Waals surface area contributed by atoms with Crippen molar-refractivity contribution < 1.29 is 22.4 Å². The normalized spacial score (nSPS) is 19.0. The Morgan fingerprint density at radius 3 is 2.69 bits per heavy atom. The zero-order valence-electron chi connectivity index (χ0n) is 17.2. The van der Waals surface area contributed by atoms with E-state index in [1.165, 1.54) is 33.8 Å². The topological polar surface area (TPSA) is 68.9 Å². The second-order valence-corrected chi connectivity index (χ2v) is 8.39. The molecule has 1 saturated carbocycles. The standard InChI is InChI=1S/C22H20F4N4O2/c1-2-30-18-14(10-27-30)20(32)29(12-8-21(23,24)9-12)11-15(18)19(31)28-17-5-3-4-16-13(17)6-7-22(16,25)26/h3-5,10-12H,2,6-9H2,1H3,(H,28,31). The molecule has 0 unspecified atom stereocenters. The highest BCUT2D eigenvalue weighted by Gasteiger charge is 2.47. The van der Waals surface area contributed by atoms with Crippen LogP contribution in [0.25, 0.3) is 10.9 Å². The summed E-state index contributed by atoms with van der Waals surface area (Å²) >= 11 is 0. The highest BCUT2D eigenvalue weighted by atomic mass is 19.3. The van der Waals surface area contributed by atoms with E-state index < -0.39 is 42.2 Å².